The van der Waals surface area contributed by atoms with Crippen molar-refractivity contribution in [3.05, 3.63) is 0 Å². The van der Waals surface area contributed by atoms with Gasteiger partial charge in [-0.15, -0.1) is 0 Å². The number of carbonyl (C=O) groups excluding carboxylic acids is 4. The van der Waals surface area contributed by atoms with Crippen LogP contribution in [0, 0.1) is 0 Å². The van der Waals surface area contributed by atoms with E-state index in [9.17, 15) is 44.4 Å². The minimum atomic E-state index is -1.70. The molecular weight excluding hydrogens is 716 g/mol. The molecule has 11 atom stereocenters. The highest BCUT2D eigenvalue weighted by atomic mass is 16.6. The first-order valence-electron chi connectivity index (χ1n) is 18.0. The summed E-state index contributed by atoms with van der Waals surface area (Å²) in [6, 6.07) is -5.24. The number of aliphatic imine (C=N–C) groups is 1. The topological polar surface area (TPSA) is 413 Å². The van der Waals surface area contributed by atoms with Gasteiger partial charge in [-0.3, -0.25) is 14.4 Å². The lowest BCUT2D eigenvalue weighted by Gasteiger charge is -2.43. The van der Waals surface area contributed by atoms with Crippen LogP contribution in [0.15, 0.2) is 4.99 Å². The maximum atomic E-state index is 13.0. The number of nitrogens with two attached hydrogens (primary N) is 6. The van der Waals surface area contributed by atoms with Crippen LogP contribution < -0.4 is 61.0 Å². The number of nitrogens with zero attached hydrogens (tertiary/aromatic N) is 1. The second-order valence-corrected chi connectivity index (χ2v) is 13.5. The molecule has 0 aromatic heterocycles. The molecule has 0 saturated carbocycles. The van der Waals surface area contributed by atoms with Crippen LogP contribution in [-0.2, 0) is 28.7 Å². The van der Waals surface area contributed by atoms with Gasteiger partial charge in [0.25, 0.3) is 0 Å². The zero-order chi connectivity index (χ0) is 40.4. The van der Waals surface area contributed by atoms with Crippen LogP contribution in [0.5, 0.6) is 0 Å². The molecule has 1 saturated heterocycles. The highest BCUT2D eigenvalue weighted by Gasteiger charge is 2.47. The fraction of sp³-hybridized carbons (Fsp3) is 0.806. The van der Waals surface area contributed by atoms with Gasteiger partial charge in [0.15, 0.2) is 18.2 Å². The van der Waals surface area contributed by atoms with Crippen molar-refractivity contribution in [3.63, 3.8) is 0 Å². The van der Waals surface area contributed by atoms with E-state index in [0.717, 1.165) is 6.42 Å². The van der Waals surface area contributed by atoms with Crippen molar-refractivity contribution in [1.29, 1.82) is 0 Å². The van der Waals surface area contributed by atoms with Crippen molar-refractivity contribution in [2.75, 3.05) is 32.8 Å². The molecule has 310 valence electrons. The number of carboxylic acids is 1. The number of primary amides is 1. The third-order valence-electron chi connectivity index (χ3n) is 8.83. The van der Waals surface area contributed by atoms with Crippen molar-refractivity contribution in [3.8, 4) is 0 Å². The zero-order valence-corrected chi connectivity index (χ0v) is 30.3. The van der Waals surface area contributed by atoms with Crippen LogP contribution in [0.4, 0.5) is 4.79 Å². The van der Waals surface area contributed by atoms with Crippen LogP contribution in [0.25, 0.3) is 0 Å². The monoisotopic (exact) mass is 776 g/mol. The Bertz CT molecular complexity index is 1250. The number of rotatable bonds is 24. The smallest absolute Gasteiger partial charge is 0.404 e. The summed E-state index contributed by atoms with van der Waals surface area (Å²) >= 11 is 0. The molecule has 2 aliphatic rings. The Balaban J connectivity index is 1.83. The predicted octanol–water partition coefficient (Wildman–Crippen LogP) is -6.61. The summed E-state index contributed by atoms with van der Waals surface area (Å²) in [4.78, 5) is 64.4. The second-order valence-electron chi connectivity index (χ2n) is 13.5. The van der Waals surface area contributed by atoms with Gasteiger partial charge < -0.3 is 90.9 Å². The summed E-state index contributed by atoms with van der Waals surface area (Å²) < 4.78 is 10.5. The molecule has 2 heterocycles. The average molecular weight is 777 g/mol. The fourth-order valence-corrected chi connectivity index (χ4v) is 5.89. The standard InChI is InChI=1S/C31H60N12O11/c32-7-1-4-15(34)10-20(45)38-8-2-5-16(35)11-21(46)39-9-3-6-17(36)12-22(47)40-25-27(49)26(48)19(14-53-30(37)52)54-28(25)43-31-41-23(18(44)13-33)24(42-31)29(50)51/h15-19,23-28,44,48-49H,1-14,32-36H2,(H2,37,52)(H,38,45)(H,39,46)(H,40,47)(H,50,51)(H2,41,42,43)/t15?,16?,17?,18-,19-,23-,24+,25-,26+,27+,28-/m1/s1. The number of aliphatic hydroxyl groups excluding tert-OH is 3. The van der Waals surface area contributed by atoms with Crippen molar-refractivity contribution >= 4 is 35.7 Å². The number of carboxylic acid groups (broad SMARTS) is 1. The predicted molar refractivity (Wildman–Crippen MR) is 193 cm³/mol. The molecule has 4 amide bonds. The molecule has 3 unspecified atom stereocenters. The van der Waals surface area contributed by atoms with E-state index in [4.69, 9.17) is 43.9 Å². The van der Waals surface area contributed by atoms with Gasteiger partial charge in [0.2, 0.25) is 17.7 Å². The van der Waals surface area contributed by atoms with Gasteiger partial charge >= 0.3 is 12.1 Å². The molecule has 0 aromatic rings. The van der Waals surface area contributed by atoms with Gasteiger partial charge in [-0.2, -0.15) is 0 Å². The Kier molecular flexibility index (Phi) is 20.3. The van der Waals surface area contributed by atoms with E-state index in [0.29, 0.717) is 45.2 Å². The van der Waals surface area contributed by atoms with Crippen molar-refractivity contribution < 1.29 is 53.9 Å². The van der Waals surface area contributed by atoms with Crippen LogP contribution in [0.2, 0.25) is 0 Å². The number of ether oxygens (including phenoxy) is 2. The summed E-state index contributed by atoms with van der Waals surface area (Å²) in [6.45, 7) is 0.350. The molecule has 0 bridgehead atoms. The number of guanidine groups is 1. The maximum Gasteiger partial charge on any atom is 0.404 e. The lowest BCUT2D eigenvalue weighted by molar-refractivity contribution is -0.198. The van der Waals surface area contributed by atoms with E-state index in [1.54, 1.807) is 0 Å². The number of amides is 4. The van der Waals surface area contributed by atoms with Crippen molar-refractivity contribution in [1.82, 2.24) is 26.6 Å². The van der Waals surface area contributed by atoms with E-state index in [1.807, 2.05) is 0 Å². The molecule has 0 radical (unpaired) electrons. The van der Waals surface area contributed by atoms with Gasteiger partial charge in [0, 0.05) is 57.0 Å². The van der Waals surface area contributed by atoms with E-state index in [-0.39, 0.29) is 56.2 Å². The number of aliphatic carboxylic acids is 1. The summed E-state index contributed by atoms with van der Waals surface area (Å²) in [6.07, 6.45) is -5.18. The first kappa shape index (κ1) is 46.2. The Morgan fingerprint density at radius 1 is 0.852 bits per heavy atom. The number of hydrogen-bond donors (Lipinski definition) is 15. The van der Waals surface area contributed by atoms with Crippen LogP contribution in [-0.4, -0.2) is 156 Å². The number of aliphatic hydroxyl groups is 3. The summed E-state index contributed by atoms with van der Waals surface area (Å²) in [5, 5.41) is 54.8. The second kappa shape index (κ2) is 23.8. The van der Waals surface area contributed by atoms with Gasteiger partial charge in [0.1, 0.15) is 37.0 Å². The Morgan fingerprint density at radius 3 is 1.89 bits per heavy atom. The normalized spacial score (nSPS) is 25.9. The molecule has 1 fully saturated rings. The fourth-order valence-electron chi connectivity index (χ4n) is 5.89. The van der Waals surface area contributed by atoms with Gasteiger partial charge in [-0.25, -0.2) is 14.6 Å². The molecule has 2 aliphatic heterocycles. The lowest BCUT2D eigenvalue weighted by Crippen LogP contribution is -2.69. The average Bonchev–Trinajstić information content (AvgIpc) is 3.54. The molecule has 23 heteroatoms. The van der Waals surface area contributed by atoms with E-state index in [1.165, 1.54) is 0 Å². The van der Waals surface area contributed by atoms with Crippen LogP contribution >= 0.6 is 0 Å². The molecule has 0 aromatic carbocycles. The summed E-state index contributed by atoms with van der Waals surface area (Å²) in [5.74, 6) is -2.56. The Labute approximate surface area is 313 Å². The third-order valence-corrected chi connectivity index (χ3v) is 8.83. The minimum absolute atomic E-state index is 0.0852. The van der Waals surface area contributed by atoms with Gasteiger partial charge in [-0.05, 0) is 45.1 Å². The van der Waals surface area contributed by atoms with E-state index >= 15 is 0 Å². The Morgan fingerprint density at radius 2 is 1.39 bits per heavy atom. The van der Waals surface area contributed by atoms with E-state index in [2.05, 4.69) is 31.6 Å². The molecule has 54 heavy (non-hydrogen) atoms. The third kappa shape index (κ3) is 16.2. The zero-order valence-electron chi connectivity index (χ0n) is 30.3. The van der Waals surface area contributed by atoms with Crippen molar-refractivity contribution in [2.45, 2.75) is 125 Å². The number of nitrogens with one attached hydrogen (secondary N) is 5. The number of hydrogen-bond acceptors (Lipinski definition) is 18. The maximum absolute atomic E-state index is 13.0. The van der Waals surface area contributed by atoms with E-state index < -0.39 is 85.4 Å². The summed E-state index contributed by atoms with van der Waals surface area (Å²) in [7, 11) is 0. The first-order valence-corrected chi connectivity index (χ1v) is 18.0. The van der Waals surface area contributed by atoms with Crippen molar-refractivity contribution in [2.24, 2.45) is 39.4 Å². The summed E-state index contributed by atoms with van der Waals surface area (Å²) in [5.41, 5.74) is 34.1. The Hall–Kier alpha value is -3.94. The highest BCUT2D eigenvalue weighted by Crippen LogP contribution is 2.22. The minimum Gasteiger partial charge on any atom is -0.480 e. The molecule has 2 rings (SSSR count). The number of carbonyl (C=O) groups is 5. The first-order chi connectivity index (χ1) is 25.6. The SMILES string of the molecule is NCCCC(N)CC(=O)NCCCC(N)CC(=O)NCCCC(N)CC(=O)N[C@@H]1[C@H](O)[C@@H](O)[C@@H](COC(N)=O)O[C@H]1NC1=N[C@H]([C@H](O)CN)[C@@H](C(=O)O)N1. The van der Waals surface area contributed by atoms with Gasteiger partial charge in [0.05, 0.1) is 6.10 Å². The highest BCUT2D eigenvalue weighted by molar-refractivity contribution is 5.90. The molecular formula is C31H60N12O11. The quantitative estimate of drug-likeness (QED) is 0.0405. The van der Waals surface area contributed by atoms with Crippen LogP contribution in [0.3, 0.4) is 0 Å². The molecule has 21 N–H and O–H groups in total. The van der Waals surface area contributed by atoms with Crippen LogP contribution in [0.1, 0.15) is 57.8 Å². The molecule has 0 spiro atoms. The molecule has 23 nitrogen and oxygen atoms in total. The lowest BCUT2D eigenvalue weighted by atomic mass is 9.95. The largest absolute Gasteiger partial charge is 0.480 e. The van der Waals surface area contributed by atoms with Gasteiger partial charge in [-0.1, -0.05) is 0 Å². The molecule has 0 aliphatic carbocycles.